The van der Waals surface area contributed by atoms with Gasteiger partial charge < -0.3 is 9.80 Å². The van der Waals surface area contributed by atoms with Crippen LogP contribution in [0.4, 0.5) is 5.69 Å². The summed E-state index contributed by atoms with van der Waals surface area (Å²) in [6, 6.07) is 6.16. The van der Waals surface area contributed by atoms with Crippen LogP contribution in [0.25, 0.3) is 10.9 Å². The molecule has 2 aromatic heterocycles. The number of piperazine rings is 1. The Morgan fingerprint density at radius 2 is 2.00 bits per heavy atom. The lowest BCUT2D eigenvalue weighted by Crippen LogP contribution is -2.48. The highest BCUT2D eigenvalue weighted by Gasteiger charge is 2.24. The van der Waals surface area contributed by atoms with Gasteiger partial charge in [-0.3, -0.25) is 9.48 Å². The summed E-state index contributed by atoms with van der Waals surface area (Å²) in [7, 11) is 1.76. The zero-order valence-electron chi connectivity index (χ0n) is 13.3. The van der Waals surface area contributed by atoms with Gasteiger partial charge in [0.25, 0.3) is 5.91 Å². The Bertz CT molecular complexity index is 883. The van der Waals surface area contributed by atoms with Crippen LogP contribution in [0.15, 0.2) is 36.9 Å². The van der Waals surface area contributed by atoms with Crippen molar-refractivity contribution in [3.8, 4) is 0 Å². The van der Waals surface area contributed by atoms with Crippen molar-refractivity contribution in [1.82, 2.24) is 29.9 Å². The number of aromatic nitrogens is 5. The highest BCUT2D eigenvalue weighted by molar-refractivity contribution is 5.92. The lowest BCUT2D eigenvalue weighted by atomic mass is 10.2. The van der Waals surface area contributed by atoms with Gasteiger partial charge in [-0.2, -0.15) is 0 Å². The van der Waals surface area contributed by atoms with Gasteiger partial charge in [0.1, 0.15) is 6.33 Å². The standard InChI is InChI=1S/C16H17N7O/c1-21-10-15(19-20-21)16(24)23-6-4-22(5-7-23)13-2-3-14-12(8-13)9-17-11-18-14/h2-3,8-11H,4-7H2,1H3. The van der Waals surface area contributed by atoms with Crippen molar-refractivity contribution in [1.29, 1.82) is 0 Å². The number of hydrogen-bond donors (Lipinski definition) is 0. The van der Waals surface area contributed by atoms with Gasteiger partial charge in [-0.15, -0.1) is 5.10 Å². The van der Waals surface area contributed by atoms with Gasteiger partial charge in [-0.25, -0.2) is 9.97 Å². The molecule has 4 rings (SSSR count). The summed E-state index contributed by atoms with van der Waals surface area (Å²) in [6.07, 6.45) is 5.02. The van der Waals surface area contributed by atoms with Gasteiger partial charge in [-0.1, -0.05) is 5.21 Å². The minimum atomic E-state index is -0.0605. The van der Waals surface area contributed by atoms with Crippen LogP contribution < -0.4 is 4.90 Å². The Hall–Kier alpha value is -3.03. The molecule has 0 atom stereocenters. The molecule has 0 radical (unpaired) electrons. The van der Waals surface area contributed by atoms with E-state index in [1.165, 1.54) is 0 Å². The summed E-state index contributed by atoms with van der Waals surface area (Å²) < 4.78 is 1.54. The van der Waals surface area contributed by atoms with Crippen molar-refractivity contribution in [3.63, 3.8) is 0 Å². The largest absolute Gasteiger partial charge is 0.368 e. The van der Waals surface area contributed by atoms with Crippen LogP contribution in [0.1, 0.15) is 10.5 Å². The van der Waals surface area contributed by atoms with Gasteiger partial charge in [0.2, 0.25) is 0 Å². The van der Waals surface area contributed by atoms with E-state index in [0.717, 1.165) is 29.7 Å². The molecule has 3 aromatic rings. The predicted molar refractivity (Wildman–Crippen MR) is 88.7 cm³/mol. The molecule has 8 heteroatoms. The normalized spacial score (nSPS) is 15.0. The van der Waals surface area contributed by atoms with Gasteiger partial charge in [-0.05, 0) is 18.2 Å². The van der Waals surface area contributed by atoms with E-state index in [0.29, 0.717) is 18.8 Å². The first-order valence-corrected chi connectivity index (χ1v) is 7.81. The van der Waals surface area contributed by atoms with Crippen molar-refractivity contribution >= 4 is 22.5 Å². The van der Waals surface area contributed by atoms with Gasteiger partial charge in [0.05, 0.1) is 11.7 Å². The monoisotopic (exact) mass is 323 g/mol. The second-order valence-corrected chi connectivity index (χ2v) is 5.82. The third-order valence-corrected chi connectivity index (χ3v) is 4.24. The lowest BCUT2D eigenvalue weighted by molar-refractivity contribution is 0.0740. The van der Waals surface area contributed by atoms with Crippen LogP contribution in [0.2, 0.25) is 0 Å². The van der Waals surface area contributed by atoms with Crippen LogP contribution >= 0.6 is 0 Å². The van der Waals surface area contributed by atoms with Crippen LogP contribution in [0.5, 0.6) is 0 Å². The number of hydrogen-bond acceptors (Lipinski definition) is 6. The Kier molecular flexibility index (Phi) is 3.56. The van der Waals surface area contributed by atoms with Crippen LogP contribution in [0, 0.1) is 0 Å². The molecule has 0 unspecified atom stereocenters. The molecule has 1 aliphatic rings. The van der Waals surface area contributed by atoms with Gasteiger partial charge >= 0.3 is 0 Å². The Labute approximate surface area is 138 Å². The van der Waals surface area contributed by atoms with Gasteiger partial charge in [0.15, 0.2) is 5.69 Å². The molecule has 0 aliphatic carbocycles. The molecular formula is C16H17N7O. The predicted octanol–water partition coefficient (Wildman–Crippen LogP) is 0.721. The molecule has 3 heterocycles. The molecule has 8 nitrogen and oxygen atoms in total. The minimum Gasteiger partial charge on any atom is -0.368 e. The molecule has 0 saturated carbocycles. The first-order chi connectivity index (χ1) is 11.7. The maximum Gasteiger partial charge on any atom is 0.276 e. The third kappa shape index (κ3) is 2.66. The fraction of sp³-hybridized carbons (Fsp3) is 0.312. The van der Waals surface area contributed by atoms with E-state index in [-0.39, 0.29) is 5.91 Å². The maximum atomic E-state index is 12.4. The molecule has 0 bridgehead atoms. The van der Waals surface area contributed by atoms with E-state index in [2.05, 4.69) is 37.3 Å². The van der Waals surface area contributed by atoms with E-state index in [9.17, 15) is 4.79 Å². The maximum absolute atomic E-state index is 12.4. The zero-order valence-corrected chi connectivity index (χ0v) is 13.3. The van der Waals surface area contributed by atoms with E-state index < -0.39 is 0 Å². The summed E-state index contributed by atoms with van der Waals surface area (Å²) in [5.41, 5.74) is 2.46. The Morgan fingerprint density at radius 1 is 1.17 bits per heavy atom. The molecule has 0 N–H and O–H groups in total. The third-order valence-electron chi connectivity index (χ3n) is 4.24. The SMILES string of the molecule is Cn1cc(C(=O)N2CCN(c3ccc4ncncc4c3)CC2)nn1. The molecule has 1 aromatic carbocycles. The van der Waals surface area contributed by atoms with E-state index in [1.807, 2.05) is 17.2 Å². The van der Waals surface area contributed by atoms with Crippen molar-refractivity contribution < 1.29 is 4.79 Å². The number of nitrogens with zero attached hydrogens (tertiary/aromatic N) is 7. The van der Waals surface area contributed by atoms with Crippen LogP contribution in [0.3, 0.4) is 0 Å². The number of rotatable bonds is 2. The van der Waals surface area contributed by atoms with E-state index in [4.69, 9.17) is 0 Å². The highest BCUT2D eigenvalue weighted by Crippen LogP contribution is 2.21. The smallest absolute Gasteiger partial charge is 0.276 e. The zero-order chi connectivity index (χ0) is 16.5. The Morgan fingerprint density at radius 3 is 2.75 bits per heavy atom. The summed E-state index contributed by atoms with van der Waals surface area (Å²) in [5, 5.41) is 8.74. The minimum absolute atomic E-state index is 0.0605. The van der Waals surface area contributed by atoms with Crippen molar-refractivity contribution in [2.75, 3.05) is 31.1 Å². The fourth-order valence-corrected chi connectivity index (χ4v) is 2.94. The van der Waals surface area contributed by atoms with E-state index >= 15 is 0 Å². The van der Waals surface area contributed by atoms with Crippen molar-refractivity contribution in [2.24, 2.45) is 7.05 Å². The fourth-order valence-electron chi connectivity index (χ4n) is 2.94. The number of anilines is 1. The molecule has 0 spiro atoms. The number of carbonyl (C=O) groups excluding carboxylic acids is 1. The van der Waals surface area contributed by atoms with Gasteiger partial charge in [0, 0.05) is 50.5 Å². The number of carbonyl (C=O) groups is 1. The first kappa shape index (κ1) is 14.6. The average Bonchev–Trinajstić information content (AvgIpc) is 3.07. The highest BCUT2D eigenvalue weighted by atomic mass is 16.2. The number of benzene rings is 1. The Balaban J connectivity index is 1.46. The van der Waals surface area contributed by atoms with Crippen LogP contribution in [-0.4, -0.2) is 61.9 Å². The molecule has 24 heavy (non-hydrogen) atoms. The molecule has 1 amide bonds. The first-order valence-electron chi connectivity index (χ1n) is 7.81. The summed E-state index contributed by atoms with van der Waals surface area (Å²) in [6.45, 7) is 2.90. The average molecular weight is 323 g/mol. The van der Waals surface area contributed by atoms with Crippen molar-refractivity contribution in [2.45, 2.75) is 0 Å². The molecular weight excluding hydrogens is 306 g/mol. The number of fused-ring (bicyclic) bond motifs is 1. The number of aryl methyl sites for hydroxylation is 1. The summed E-state index contributed by atoms with van der Waals surface area (Å²) in [5.74, 6) is -0.0605. The topological polar surface area (TPSA) is 80.0 Å². The molecule has 1 aliphatic heterocycles. The molecule has 122 valence electrons. The summed E-state index contributed by atoms with van der Waals surface area (Å²) in [4.78, 5) is 24.8. The lowest BCUT2D eigenvalue weighted by Gasteiger charge is -2.35. The summed E-state index contributed by atoms with van der Waals surface area (Å²) >= 11 is 0. The van der Waals surface area contributed by atoms with E-state index in [1.54, 1.807) is 24.3 Å². The second kappa shape index (κ2) is 5.88. The quantitative estimate of drug-likeness (QED) is 0.691. The van der Waals surface area contributed by atoms with Crippen LogP contribution in [-0.2, 0) is 7.05 Å². The van der Waals surface area contributed by atoms with Crippen molar-refractivity contribution in [3.05, 3.63) is 42.6 Å². The number of amides is 1. The molecule has 1 saturated heterocycles. The second-order valence-electron chi connectivity index (χ2n) is 5.82. The molecule has 1 fully saturated rings.